The third kappa shape index (κ3) is 2.84. The van der Waals surface area contributed by atoms with Gasteiger partial charge in [0.2, 0.25) is 23.6 Å². The van der Waals surface area contributed by atoms with Gasteiger partial charge in [0.05, 0.1) is 0 Å². The zero-order valence-electron chi connectivity index (χ0n) is 11.7. The fraction of sp³-hybridized carbons (Fsp3) is 0.333. The van der Waals surface area contributed by atoms with Crippen LogP contribution < -0.4 is 0 Å². The SMILES string of the molecule is Cc1ccc(-c2nnc(CCN3C(=O)CCC3=O)o2)cc1. The first-order chi connectivity index (χ1) is 10.1. The van der Waals surface area contributed by atoms with Crippen molar-refractivity contribution in [2.45, 2.75) is 26.2 Å². The van der Waals surface area contributed by atoms with E-state index in [9.17, 15) is 9.59 Å². The summed E-state index contributed by atoms with van der Waals surface area (Å²) in [7, 11) is 0. The van der Waals surface area contributed by atoms with Gasteiger partial charge < -0.3 is 4.42 Å². The van der Waals surface area contributed by atoms with E-state index in [4.69, 9.17) is 4.42 Å². The van der Waals surface area contributed by atoms with Crippen LogP contribution in [0.2, 0.25) is 0 Å². The highest BCUT2D eigenvalue weighted by Crippen LogP contribution is 2.19. The Morgan fingerprint density at radius 2 is 1.76 bits per heavy atom. The predicted molar refractivity (Wildman–Crippen MR) is 74.1 cm³/mol. The lowest BCUT2D eigenvalue weighted by atomic mass is 10.1. The minimum Gasteiger partial charge on any atom is -0.421 e. The summed E-state index contributed by atoms with van der Waals surface area (Å²) in [6.45, 7) is 2.31. The maximum absolute atomic E-state index is 11.5. The Morgan fingerprint density at radius 3 is 2.43 bits per heavy atom. The molecule has 0 atom stereocenters. The number of aromatic nitrogens is 2. The van der Waals surface area contributed by atoms with E-state index >= 15 is 0 Å². The fourth-order valence-corrected chi connectivity index (χ4v) is 2.25. The molecule has 0 bridgehead atoms. The molecule has 1 fully saturated rings. The first-order valence-corrected chi connectivity index (χ1v) is 6.86. The van der Waals surface area contributed by atoms with Crippen LogP contribution in [0.1, 0.15) is 24.3 Å². The summed E-state index contributed by atoms with van der Waals surface area (Å²) < 4.78 is 5.57. The molecular formula is C15H15N3O3. The molecule has 1 saturated heterocycles. The molecule has 0 saturated carbocycles. The van der Waals surface area contributed by atoms with Crippen molar-refractivity contribution in [3.8, 4) is 11.5 Å². The lowest BCUT2D eigenvalue weighted by Gasteiger charge is -2.11. The van der Waals surface area contributed by atoms with Crippen LogP contribution in [0, 0.1) is 6.92 Å². The average Bonchev–Trinajstić information content (AvgIpc) is 3.06. The van der Waals surface area contributed by atoms with Gasteiger partial charge in [0.15, 0.2) is 0 Å². The van der Waals surface area contributed by atoms with Crippen molar-refractivity contribution in [1.82, 2.24) is 15.1 Å². The molecule has 1 aromatic heterocycles. The molecule has 0 radical (unpaired) electrons. The van der Waals surface area contributed by atoms with Gasteiger partial charge in [0, 0.05) is 31.4 Å². The van der Waals surface area contributed by atoms with Gasteiger partial charge in [0.1, 0.15) is 0 Å². The minimum atomic E-state index is -0.127. The normalized spacial score (nSPS) is 15.0. The number of rotatable bonds is 4. The van der Waals surface area contributed by atoms with Crippen molar-refractivity contribution >= 4 is 11.8 Å². The second-order valence-electron chi connectivity index (χ2n) is 5.06. The molecule has 1 aliphatic heterocycles. The van der Waals surface area contributed by atoms with Crippen LogP contribution in [0.3, 0.4) is 0 Å². The van der Waals surface area contributed by atoms with Crippen molar-refractivity contribution in [1.29, 1.82) is 0 Å². The van der Waals surface area contributed by atoms with Crippen LogP contribution >= 0.6 is 0 Å². The number of hydrogen-bond acceptors (Lipinski definition) is 5. The molecule has 6 heteroatoms. The Hall–Kier alpha value is -2.50. The minimum absolute atomic E-state index is 0.127. The van der Waals surface area contributed by atoms with Crippen LogP contribution in [0.15, 0.2) is 28.7 Å². The van der Waals surface area contributed by atoms with E-state index in [1.54, 1.807) is 0 Å². The van der Waals surface area contributed by atoms with E-state index in [1.165, 1.54) is 4.90 Å². The van der Waals surface area contributed by atoms with Crippen LogP contribution in [-0.2, 0) is 16.0 Å². The van der Waals surface area contributed by atoms with E-state index < -0.39 is 0 Å². The molecule has 6 nitrogen and oxygen atoms in total. The molecule has 2 amide bonds. The van der Waals surface area contributed by atoms with Crippen molar-refractivity contribution in [3.63, 3.8) is 0 Å². The topological polar surface area (TPSA) is 76.3 Å². The number of carbonyl (C=O) groups excluding carboxylic acids is 2. The van der Waals surface area contributed by atoms with E-state index in [1.807, 2.05) is 31.2 Å². The number of benzene rings is 1. The van der Waals surface area contributed by atoms with Crippen molar-refractivity contribution in [2.24, 2.45) is 0 Å². The van der Waals surface area contributed by atoms with Gasteiger partial charge in [-0.15, -0.1) is 10.2 Å². The molecule has 108 valence electrons. The highest BCUT2D eigenvalue weighted by molar-refractivity contribution is 6.01. The molecule has 0 spiro atoms. The highest BCUT2D eigenvalue weighted by atomic mass is 16.4. The van der Waals surface area contributed by atoms with Crippen molar-refractivity contribution in [2.75, 3.05) is 6.54 Å². The highest BCUT2D eigenvalue weighted by Gasteiger charge is 2.28. The third-order valence-corrected chi connectivity index (χ3v) is 3.47. The Morgan fingerprint density at radius 1 is 1.10 bits per heavy atom. The summed E-state index contributed by atoms with van der Waals surface area (Å²) in [5, 5.41) is 7.95. The summed E-state index contributed by atoms with van der Waals surface area (Å²) in [6, 6.07) is 7.78. The molecular weight excluding hydrogens is 270 g/mol. The van der Waals surface area contributed by atoms with E-state index in [2.05, 4.69) is 10.2 Å². The molecule has 1 aromatic carbocycles. The second-order valence-corrected chi connectivity index (χ2v) is 5.06. The number of hydrogen-bond donors (Lipinski definition) is 0. The molecule has 21 heavy (non-hydrogen) atoms. The zero-order chi connectivity index (χ0) is 14.8. The average molecular weight is 285 g/mol. The number of aryl methyl sites for hydroxylation is 1. The fourth-order valence-electron chi connectivity index (χ4n) is 2.25. The van der Waals surface area contributed by atoms with Gasteiger partial charge >= 0.3 is 0 Å². The molecule has 0 N–H and O–H groups in total. The maximum Gasteiger partial charge on any atom is 0.247 e. The van der Waals surface area contributed by atoms with E-state index in [-0.39, 0.29) is 11.8 Å². The van der Waals surface area contributed by atoms with Gasteiger partial charge in [-0.25, -0.2) is 0 Å². The summed E-state index contributed by atoms with van der Waals surface area (Å²) in [4.78, 5) is 24.3. The lowest BCUT2D eigenvalue weighted by molar-refractivity contribution is -0.138. The van der Waals surface area contributed by atoms with Crippen LogP contribution in [0.25, 0.3) is 11.5 Å². The first kappa shape index (κ1) is 13.5. The molecule has 2 heterocycles. The predicted octanol–water partition coefficient (Wildman–Crippen LogP) is 1.74. The van der Waals surface area contributed by atoms with Crippen LogP contribution in [-0.4, -0.2) is 33.5 Å². The van der Waals surface area contributed by atoms with E-state index in [0.717, 1.165) is 11.1 Å². The third-order valence-electron chi connectivity index (χ3n) is 3.47. The standard InChI is InChI=1S/C15H15N3O3/c1-10-2-4-11(5-3-10)15-17-16-12(21-15)8-9-18-13(19)6-7-14(18)20/h2-5H,6-9H2,1H3. The van der Waals surface area contributed by atoms with Crippen LogP contribution in [0.4, 0.5) is 0 Å². The van der Waals surface area contributed by atoms with E-state index in [0.29, 0.717) is 37.6 Å². The molecule has 0 unspecified atom stereocenters. The largest absolute Gasteiger partial charge is 0.421 e. The Bertz CT molecular complexity index is 660. The van der Waals surface area contributed by atoms with Gasteiger partial charge in [0.25, 0.3) is 0 Å². The van der Waals surface area contributed by atoms with Gasteiger partial charge in [-0.1, -0.05) is 17.7 Å². The number of likely N-dealkylation sites (tertiary alicyclic amines) is 1. The number of amides is 2. The Labute approximate surface area is 121 Å². The lowest BCUT2D eigenvalue weighted by Crippen LogP contribution is -2.31. The zero-order valence-corrected chi connectivity index (χ0v) is 11.7. The maximum atomic E-state index is 11.5. The summed E-state index contributed by atoms with van der Waals surface area (Å²) in [5.74, 6) is 0.624. The Balaban J connectivity index is 1.66. The number of imide groups is 1. The summed E-state index contributed by atoms with van der Waals surface area (Å²) in [6.07, 6.45) is 0.991. The van der Waals surface area contributed by atoms with Gasteiger partial charge in [-0.2, -0.15) is 0 Å². The van der Waals surface area contributed by atoms with Crippen molar-refractivity contribution in [3.05, 3.63) is 35.7 Å². The molecule has 3 rings (SSSR count). The van der Waals surface area contributed by atoms with Gasteiger partial charge in [-0.3, -0.25) is 14.5 Å². The monoisotopic (exact) mass is 285 g/mol. The quantitative estimate of drug-likeness (QED) is 0.800. The van der Waals surface area contributed by atoms with Crippen LogP contribution in [0.5, 0.6) is 0 Å². The summed E-state index contributed by atoms with van der Waals surface area (Å²) in [5.41, 5.74) is 2.01. The second kappa shape index (κ2) is 5.47. The van der Waals surface area contributed by atoms with Gasteiger partial charge in [-0.05, 0) is 19.1 Å². The molecule has 2 aromatic rings. The number of nitrogens with zero attached hydrogens (tertiary/aromatic N) is 3. The van der Waals surface area contributed by atoms with Crippen molar-refractivity contribution < 1.29 is 14.0 Å². The Kier molecular flexibility index (Phi) is 3.51. The smallest absolute Gasteiger partial charge is 0.247 e. The first-order valence-electron chi connectivity index (χ1n) is 6.86. The molecule has 1 aliphatic rings. The number of carbonyl (C=O) groups is 2. The molecule has 0 aliphatic carbocycles. The summed E-state index contributed by atoms with van der Waals surface area (Å²) >= 11 is 0.